The highest BCUT2D eigenvalue weighted by atomic mass is 35.5. The van der Waals surface area contributed by atoms with Crippen LogP contribution in [0.4, 0.5) is 0 Å². The number of aromatic carboxylic acids is 1. The lowest BCUT2D eigenvalue weighted by molar-refractivity contribution is 0.0665. The first-order valence-electron chi connectivity index (χ1n) is 4.70. The third kappa shape index (κ3) is 2.09. The lowest BCUT2D eigenvalue weighted by Gasteiger charge is -1.92. The second kappa shape index (κ2) is 4.41. The average molecular weight is 237 g/mol. The smallest absolute Gasteiger partial charge is 0.371 e. The quantitative estimate of drug-likeness (QED) is 0.831. The number of alkyl halides is 1. The minimum atomic E-state index is -1.06. The van der Waals surface area contributed by atoms with Crippen LogP contribution in [-0.4, -0.2) is 17.0 Å². The fourth-order valence-electron chi connectivity index (χ4n) is 1.45. The van der Waals surface area contributed by atoms with Crippen molar-refractivity contribution in [2.24, 2.45) is 0 Å². The molecule has 2 aromatic rings. The third-order valence-corrected chi connectivity index (χ3v) is 2.33. The molecular formula is C12H9ClO3. The number of carbonyl (C=O) groups is 1. The molecule has 1 heterocycles. The summed E-state index contributed by atoms with van der Waals surface area (Å²) in [6, 6.07) is 6.96. The van der Waals surface area contributed by atoms with Crippen molar-refractivity contribution in [3.8, 4) is 0 Å². The van der Waals surface area contributed by atoms with E-state index in [1.807, 2.05) is 24.3 Å². The Bertz CT molecular complexity index is 554. The van der Waals surface area contributed by atoms with Crippen molar-refractivity contribution in [3.63, 3.8) is 0 Å². The molecule has 0 aliphatic heterocycles. The van der Waals surface area contributed by atoms with Crippen molar-refractivity contribution >= 4 is 34.6 Å². The summed E-state index contributed by atoms with van der Waals surface area (Å²) in [5.74, 6) is -0.661. The first-order chi connectivity index (χ1) is 7.70. The predicted molar refractivity (Wildman–Crippen MR) is 62.9 cm³/mol. The average Bonchev–Trinajstić information content (AvgIpc) is 2.69. The van der Waals surface area contributed by atoms with E-state index in [2.05, 4.69) is 0 Å². The Hall–Kier alpha value is -1.74. The van der Waals surface area contributed by atoms with Crippen molar-refractivity contribution < 1.29 is 14.3 Å². The van der Waals surface area contributed by atoms with Crippen LogP contribution in [0.5, 0.6) is 0 Å². The van der Waals surface area contributed by atoms with E-state index in [1.54, 1.807) is 6.07 Å². The van der Waals surface area contributed by atoms with E-state index in [0.717, 1.165) is 10.9 Å². The molecule has 1 N–H and O–H groups in total. The van der Waals surface area contributed by atoms with Crippen molar-refractivity contribution in [3.05, 3.63) is 41.7 Å². The minimum Gasteiger partial charge on any atom is -0.475 e. The van der Waals surface area contributed by atoms with E-state index in [-0.39, 0.29) is 5.76 Å². The molecule has 0 radical (unpaired) electrons. The number of hydrogen-bond donors (Lipinski definition) is 1. The Balaban J connectivity index is 2.45. The predicted octanol–water partition coefficient (Wildman–Crippen LogP) is 3.38. The van der Waals surface area contributed by atoms with Gasteiger partial charge in [0, 0.05) is 11.3 Å². The molecule has 1 aromatic heterocycles. The fraction of sp³-hybridized carbons (Fsp3) is 0.0833. The van der Waals surface area contributed by atoms with Crippen LogP contribution in [0.25, 0.3) is 17.0 Å². The Kier molecular flexibility index (Phi) is 2.97. The molecular weight excluding hydrogens is 228 g/mol. The maximum Gasteiger partial charge on any atom is 0.371 e. The van der Waals surface area contributed by atoms with Gasteiger partial charge < -0.3 is 9.52 Å². The molecule has 0 unspecified atom stereocenters. The molecule has 4 heteroatoms. The largest absolute Gasteiger partial charge is 0.475 e. The van der Waals surface area contributed by atoms with Gasteiger partial charge in [-0.3, -0.25) is 0 Å². The number of benzene rings is 1. The molecule has 3 nitrogen and oxygen atoms in total. The van der Waals surface area contributed by atoms with Crippen molar-refractivity contribution in [2.75, 3.05) is 5.88 Å². The maximum atomic E-state index is 10.7. The highest BCUT2D eigenvalue weighted by Gasteiger charge is 2.09. The summed E-state index contributed by atoms with van der Waals surface area (Å²) in [6.07, 6.45) is 3.70. The van der Waals surface area contributed by atoms with Gasteiger partial charge in [0.1, 0.15) is 5.58 Å². The van der Waals surface area contributed by atoms with Gasteiger partial charge in [-0.15, -0.1) is 11.6 Å². The van der Waals surface area contributed by atoms with Gasteiger partial charge in [0.25, 0.3) is 0 Å². The lowest BCUT2D eigenvalue weighted by Crippen LogP contribution is -1.91. The summed E-state index contributed by atoms with van der Waals surface area (Å²) in [5.41, 5.74) is 1.53. The van der Waals surface area contributed by atoms with Gasteiger partial charge >= 0.3 is 5.97 Å². The van der Waals surface area contributed by atoms with E-state index in [4.69, 9.17) is 21.1 Å². The number of furan rings is 1. The van der Waals surface area contributed by atoms with Gasteiger partial charge in [-0.2, -0.15) is 0 Å². The zero-order valence-electron chi connectivity index (χ0n) is 8.31. The van der Waals surface area contributed by atoms with E-state index in [1.165, 1.54) is 6.07 Å². The molecule has 0 aliphatic rings. The maximum absolute atomic E-state index is 10.7. The normalized spacial score (nSPS) is 11.3. The summed E-state index contributed by atoms with van der Waals surface area (Å²) < 4.78 is 5.14. The van der Waals surface area contributed by atoms with Crippen molar-refractivity contribution in [2.45, 2.75) is 0 Å². The van der Waals surface area contributed by atoms with Gasteiger partial charge in [-0.1, -0.05) is 18.2 Å². The number of hydrogen-bond acceptors (Lipinski definition) is 2. The Labute approximate surface area is 96.9 Å². The van der Waals surface area contributed by atoms with E-state index >= 15 is 0 Å². The van der Waals surface area contributed by atoms with Crippen LogP contribution >= 0.6 is 11.6 Å². The highest BCUT2D eigenvalue weighted by Crippen LogP contribution is 2.21. The lowest BCUT2D eigenvalue weighted by atomic mass is 10.1. The number of carboxylic acids is 1. The van der Waals surface area contributed by atoms with Gasteiger partial charge in [-0.05, 0) is 23.8 Å². The van der Waals surface area contributed by atoms with Crippen LogP contribution in [0.3, 0.4) is 0 Å². The number of fused-ring (bicyclic) bond motifs is 1. The molecule has 1 aromatic carbocycles. The monoisotopic (exact) mass is 236 g/mol. The van der Waals surface area contributed by atoms with Crippen LogP contribution in [0.2, 0.25) is 0 Å². The van der Waals surface area contributed by atoms with E-state index < -0.39 is 5.97 Å². The van der Waals surface area contributed by atoms with E-state index in [0.29, 0.717) is 11.5 Å². The summed E-state index contributed by atoms with van der Waals surface area (Å²) >= 11 is 5.53. The summed E-state index contributed by atoms with van der Waals surface area (Å²) in [5, 5.41) is 9.54. The van der Waals surface area contributed by atoms with Crippen LogP contribution in [-0.2, 0) is 0 Å². The molecule has 0 atom stereocenters. The SMILES string of the molecule is O=C(O)c1cc2cc(C=CCCl)ccc2o1. The van der Waals surface area contributed by atoms with Crippen molar-refractivity contribution in [1.29, 1.82) is 0 Å². The molecule has 0 saturated heterocycles. The summed E-state index contributed by atoms with van der Waals surface area (Å²) in [7, 11) is 0. The second-order valence-corrected chi connectivity index (χ2v) is 3.58. The van der Waals surface area contributed by atoms with Crippen LogP contribution in [0.1, 0.15) is 16.1 Å². The number of halogens is 1. The fourth-order valence-corrected chi connectivity index (χ4v) is 1.54. The molecule has 0 saturated carbocycles. The van der Waals surface area contributed by atoms with Crippen LogP contribution in [0.15, 0.2) is 34.8 Å². The molecule has 16 heavy (non-hydrogen) atoms. The number of allylic oxidation sites excluding steroid dienone is 1. The molecule has 2 rings (SSSR count). The molecule has 0 bridgehead atoms. The number of carboxylic acid groups (broad SMARTS) is 1. The molecule has 0 amide bonds. The zero-order chi connectivity index (χ0) is 11.5. The molecule has 0 fully saturated rings. The van der Waals surface area contributed by atoms with Gasteiger partial charge in [-0.25, -0.2) is 4.79 Å². The topological polar surface area (TPSA) is 50.4 Å². The molecule has 0 spiro atoms. The summed E-state index contributed by atoms with van der Waals surface area (Å²) in [4.78, 5) is 10.7. The van der Waals surface area contributed by atoms with Gasteiger partial charge in [0.15, 0.2) is 0 Å². The van der Waals surface area contributed by atoms with E-state index in [9.17, 15) is 4.79 Å². The first kappa shape index (κ1) is 10.8. The van der Waals surface area contributed by atoms with Crippen LogP contribution < -0.4 is 0 Å². The Morgan fingerprint density at radius 2 is 2.25 bits per heavy atom. The van der Waals surface area contributed by atoms with Gasteiger partial charge in [0.05, 0.1) is 0 Å². The Morgan fingerprint density at radius 1 is 1.44 bits per heavy atom. The van der Waals surface area contributed by atoms with Gasteiger partial charge in [0.2, 0.25) is 5.76 Å². The third-order valence-electron chi connectivity index (χ3n) is 2.15. The Morgan fingerprint density at radius 3 is 2.94 bits per heavy atom. The zero-order valence-corrected chi connectivity index (χ0v) is 9.07. The number of rotatable bonds is 3. The minimum absolute atomic E-state index is 0.0477. The standard InChI is InChI=1S/C12H9ClO3/c13-5-1-2-8-3-4-10-9(6-8)7-11(16-10)12(14)15/h1-4,6-7H,5H2,(H,14,15). The highest BCUT2D eigenvalue weighted by molar-refractivity contribution is 6.19. The second-order valence-electron chi connectivity index (χ2n) is 3.27. The molecule has 0 aliphatic carbocycles. The van der Waals surface area contributed by atoms with Crippen molar-refractivity contribution in [1.82, 2.24) is 0 Å². The van der Waals surface area contributed by atoms with Crippen LogP contribution in [0, 0.1) is 0 Å². The first-order valence-corrected chi connectivity index (χ1v) is 5.23. The summed E-state index contributed by atoms with van der Waals surface area (Å²) in [6.45, 7) is 0. The molecule has 82 valence electrons.